The molecule has 1 saturated carbocycles. The molecule has 12 atom stereocenters. The Morgan fingerprint density at radius 2 is 1.35 bits per heavy atom. The number of hydrogen-bond donors (Lipinski definition) is 8. The normalized spacial score (nSPS) is 31.2. The number of cyclic esters (lactones) is 1. The first-order valence-corrected chi connectivity index (χ1v) is 26.0. The molecule has 380 valence electrons. The van der Waals surface area contributed by atoms with Crippen LogP contribution in [-0.2, 0) is 37.5 Å². The SMILES string of the molecule is CCCCC/C=C\C/C=C\C/C=C\CCCCCCC(=O)O[C@@H]1COC(=O)CCCCCC[C@H]2C(=O)C[C@@H](O)[C@H](/C=C/[C@@H](O)CCCCC)[C@@H](O)[C@@H](O)[C@@H](OP(=O)(O)OC1)[C@H](O)[C@@H](O)[C@@H]2O. The molecule has 0 aromatic heterocycles. The molecule has 1 aliphatic carbocycles. The van der Waals surface area contributed by atoms with Crippen LogP contribution >= 0.6 is 7.82 Å². The van der Waals surface area contributed by atoms with E-state index in [0.717, 1.165) is 57.8 Å². The lowest BCUT2D eigenvalue weighted by Gasteiger charge is -2.36. The summed E-state index contributed by atoms with van der Waals surface area (Å²) in [6.45, 7) is 2.78. The zero-order valence-electron chi connectivity index (χ0n) is 39.4. The van der Waals surface area contributed by atoms with Crippen LogP contribution in [-0.4, -0.2) is 127 Å². The van der Waals surface area contributed by atoms with Crippen molar-refractivity contribution in [3.8, 4) is 0 Å². The molecule has 1 saturated heterocycles. The Morgan fingerprint density at radius 3 is 2.03 bits per heavy atom. The van der Waals surface area contributed by atoms with Crippen LogP contribution in [0.2, 0.25) is 0 Å². The summed E-state index contributed by atoms with van der Waals surface area (Å²) in [5, 5.41) is 78.7. The topological polar surface area (TPSA) is 267 Å². The van der Waals surface area contributed by atoms with Gasteiger partial charge in [0.25, 0.3) is 0 Å². The van der Waals surface area contributed by atoms with E-state index in [1.807, 2.05) is 6.92 Å². The minimum Gasteiger partial charge on any atom is -0.462 e. The van der Waals surface area contributed by atoms with Crippen LogP contribution in [0, 0.1) is 11.8 Å². The molecule has 0 radical (unpaired) electrons. The smallest absolute Gasteiger partial charge is 0.462 e. The number of aliphatic hydroxyl groups excluding tert-OH is 7. The van der Waals surface area contributed by atoms with Crippen molar-refractivity contribution < 1.29 is 78.1 Å². The summed E-state index contributed by atoms with van der Waals surface area (Å²) in [6.07, 6.45) is 12.0. The average molecular weight is 959 g/mol. The van der Waals surface area contributed by atoms with Crippen molar-refractivity contribution in [2.75, 3.05) is 13.2 Å². The molecule has 0 amide bonds. The second-order valence-electron chi connectivity index (χ2n) is 17.7. The van der Waals surface area contributed by atoms with Gasteiger partial charge in [-0.3, -0.25) is 23.4 Å². The number of rotatable bonds is 22. The van der Waals surface area contributed by atoms with E-state index < -0.39 is 112 Å². The number of carbonyl (C=O) groups is 3. The fourth-order valence-electron chi connectivity index (χ4n) is 7.97. The van der Waals surface area contributed by atoms with Gasteiger partial charge < -0.3 is 50.1 Å². The maximum atomic E-state index is 13.6. The number of aliphatic hydroxyl groups is 7. The number of carbonyl (C=O) groups excluding carboxylic acids is 3. The Morgan fingerprint density at radius 1 is 0.742 bits per heavy atom. The highest BCUT2D eigenvalue weighted by molar-refractivity contribution is 7.47. The number of fused-ring (bicyclic) bond motifs is 4. The van der Waals surface area contributed by atoms with Crippen molar-refractivity contribution in [3.63, 3.8) is 0 Å². The van der Waals surface area contributed by atoms with Crippen LogP contribution in [0.15, 0.2) is 48.6 Å². The first-order valence-electron chi connectivity index (χ1n) is 24.5. The molecule has 66 heavy (non-hydrogen) atoms. The molecule has 1 unspecified atom stereocenters. The largest absolute Gasteiger partial charge is 0.472 e. The monoisotopic (exact) mass is 959 g/mol. The summed E-state index contributed by atoms with van der Waals surface area (Å²) in [7, 11) is -5.46. The van der Waals surface area contributed by atoms with Gasteiger partial charge in [-0.1, -0.05) is 127 Å². The standard InChI is InChI=1S/C49H83O16P/c1-3-5-7-8-9-10-11-12-13-14-15-16-17-18-19-20-26-30-43(54)64-37-34-62-42(53)29-25-22-21-24-28-38-40(51)33-41(52)39(32-31-36(50)27-23-6-4-2)45(56)47(58)49(48(59)46(57)44(38)55)65-66(60,61)63-35-37/h9-10,12-13,15-16,31-32,36-39,41,44-50,52,55-59H,3-8,11,14,17-30,33-35H2,1-2H3,(H,60,61)/b10-9-,13-12-,16-15-,32-31+/t36-,37+,38-,39-,41+,44+,45+,46-,47+,48+,49+/m0/s1. The summed E-state index contributed by atoms with van der Waals surface area (Å²) in [6, 6.07) is 0. The number of esters is 2. The maximum absolute atomic E-state index is 13.6. The molecule has 17 heteroatoms. The Hall–Kier alpha value is -2.60. The minimum absolute atomic E-state index is 0.00467. The van der Waals surface area contributed by atoms with E-state index in [0.29, 0.717) is 44.9 Å². The number of ether oxygens (including phenoxy) is 2. The van der Waals surface area contributed by atoms with E-state index >= 15 is 0 Å². The van der Waals surface area contributed by atoms with Crippen molar-refractivity contribution in [2.45, 2.75) is 216 Å². The summed E-state index contributed by atoms with van der Waals surface area (Å²) < 4.78 is 34.7. The summed E-state index contributed by atoms with van der Waals surface area (Å²) >= 11 is 0. The molecule has 0 aromatic rings. The summed E-state index contributed by atoms with van der Waals surface area (Å²) in [4.78, 5) is 50.1. The number of unbranched alkanes of at least 4 members (excludes halogenated alkanes) is 9. The van der Waals surface area contributed by atoms with Crippen LogP contribution < -0.4 is 0 Å². The predicted octanol–water partition coefficient (Wildman–Crippen LogP) is 6.54. The van der Waals surface area contributed by atoms with Crippen LogP contribution in [0.4, 0.5) is 0 Å². The average Bonchev–Trinajstić information content (AvgIpc) is 3.28. The zero-order valence-corrected chi connectivity index (χ0v) is 40.3. The fourth-order valence-corrected chi connectivity index (χ4v) is 8.94. The number of Topliss-reactive ketones (excluding diaryl/α,β-unsaturated/α-hetero) is 1. The summed E-state index contributed by atoms with van der Waals surface area (Å²) in [5.74, 6) is -4.93. The fraction of sp³-hybridized carbons (Fsp3) is 0.776. The van der Waals surface area contributed by atoms with E-state index in [1.54, 1.807) is 0 Å². The molecular weight excluding hydrogens is 875 g/mol. The van der Waals surface area contributed by atoms with Gasteiger partial charge in [-0.05, 0) is 64.2 Å². The number of phosphoric acid groups is 1. The molecule has 0 spiro atoms. The molecule has 16 nitrogen and oxygen atoms in total. The third-order valence-corrected chi connectivity index (χ3v) is 13.0. The second kappa shape index (κ2) is 34.6. The molecule has 2 rings (SSSR count). The minimum atomic E-state index is -5.46. The van der Waals surface area contributed by atoms with Crippen molar-refractivity contribution in [1.82, 2.24) is 0 Å². The second-order valence-corrected chi connectivity index (χ2v) is 19.1. The van der Waals surface area contributed by atoms with E-state index in [2.05, 4.69) is 43.4 Å². The van der Waals surface area contributed by atoms with Gasteiger partial charge in [0, 0.05) is 31.1 Å². The quantitative estimate of drug-likeness (QED) is 0.0248. The summed E-state index contributed by atoms with van der Waals surface area (Å²) in [5.41, 5.74) is 0. The van der Waals surface area contributed by atoms with Crippen molar-refractivity contribution >= 4 is 25.5 Å². The molecule has 1 heterocycles. The predicted molar refractivity (Wildman–Crippen MR) is 250 cm³/mol. The molecule has 2 fully saturated rings. The lowest BCUT2D eigenvalue weighted by molar-refractivity contribution is -0.166. The number of allylic oxidation sites excluding steroid dienone is 6. The Kier molecular flexibility index (Phi) is 31.2. The first kappa shape index (κ1) is 59.5. The lowest BCUT2D eigenvalue weighted by Crippen LogP contribution is -2.55. The van der Waals surface area contributed by atoms with Gasteiger partial charge in [0.1, 0.15) is 36.8 Å². The van der Waals surface area contributed by atoms with E-state index in [9.17, 15) is 59.6 Å². The first-order chi connectivity index (χ1) is 31.6. The van der Waals surface area contributed by atoms with Gasteiger partial charge in [0.2, 0.25) is 0 Å². The lowest BCUT2D eigenvalue weighted by atomic mass is 9.83. The highest BCUT2D eigenvalue weighted by Gasteiger charge is 2.49. The van der Waals surface area contributed by atoms with Crippen molar-refractivity contribution in [3.05, 3.63) is 48.6 Å². The van der Waals surface area contributed by atoms with Gasteiger partial charge in [0.15, 0.2) is 6.10 Å². The molecule has 2 aliphatic rings. The zero-order chi connectivity index (χ0) is 48.7. The van der Waals surface area contributed by atoms with Gasteiger partial charge in [-0.25, -0.2) is 4.57 Å². The van der Waals surface area contributed by atoms with E-state index in [4.69, 9.17) is 18.5 Å². The molecular formula is C49H83O16P. The van der Waals surface area contributed by atoms with Gasteiger partial charge >= 0.3 is 19.8 Å². The molecule has 8 N–H and O–H groups in total. The van der Waals surface area contributed by atoms with Crippen LogP contribution in [0.25, 0.3) is 0 Å². The van der Waals surface area contributed by atoms with Crippen LogP contribution in [0.5, 0.6) is 0 Å². The molecule has 1 aliphatic heterocycles. The van der Waals surface area contributed by atoms with Gasteiger partial charge in [0.05, 0.1) is 31.0 Å². The van der Waals surface area contributed by atoms with Crippen molar-refractivity contribution in [1.29, 1.82) is 0 Å². The Balaban J connectivity index is 2.16. The molecule has 2 bridgehead atoms. The number of phosphoric ester groups is 1. The molecule has 0 aromatic carbocycles. The van der Waals surface area contributed by atoms with E-state index in [1.165, 1.54) is 31.4 Å². The van der Waals surface area contributed by atoms with Crippen molar-refractivity contribution in [2.24, 2.45) is 11.8 Å². The van der Waals surface area contributed by atoms with Crippen LogP contribution in [0.1, 0.15) is 162 Å². The van der Waals surface area contributed by atoms with Gasteiger partial charge in [-0.2, -0.15) is 0 Å². The highest BCUT2D eigenvalue weighted by Crippen LogP contribution is 2.47. The third kappa shape index (κ3) is 24.6. The Bertz CT molecular complexity index is 1520. The van der Waals surface area contributed by atoms with Crippen LogP contribution in [0.3, 0.4) is 0 Å². The third-order valence-electron chi connectivity index (χ3n) is 12.0. The van der Waals surface area contributed by atoms with E-state index in [-0.39, 0.29) is 19.3 Å². The number of ketones is 1. The number of hydrogen-bond acceptors (Lipinski definition) is 15. The van der Waals surface area contributed by atoms with Gasteiger partial charge in [-0.15, -0.1) is 0 Å². The maximum Gasteiger partial charge on any atom is 0.472 e. The highest BCUT2D eigenvalue weighted by atomic mass is 31.2. The Labute approximate surface area is 392 Å².